The number of carbonyl (C=O) groups is 2. The molecule has 0 aliphatic heterocycles. The van der Waals surface area contributed by atoms with E-state index in [1.165, 1.54) is 32.1 Å². The quantitative estimate of drug-likeness (QED) is 0.411. The summed E-state index contributed by atoms with van der Waals surface area (Å²) in [6.45, 7) is 2.19. The molecule has 0 amide bonds. The van der Waals surface area contributed by atoms with Crippen LogP contribution in [0, 0.1) is 0 Å². The third-order valence-electron chi connectivity index (χ3n) is 2.49. The zero-order valence-electron chi connectivity index (χ0n) is 9.59. The molecule has 0 aromatic carbocycles. The number of carbonyl (C=O) groups excluding carboxylic acids is 2. The van der Waals surface area contributed by atoms with Gasteiger partial charge in [-0.05, 0) is 6.42 Å². The maximum atomic E-state index is 10.7. The molecule has 15 heavy (non-hydrogen) atoms. The molecule has 0 aromatic rings. The van der Waals surface area contributed by atoms with Gasteiger partial charge in [0.25, 0.3) is 0 Å². The van der Waals surface area contributed by atoms with Gasteiger partial charge in [0.05, 0.1) is 0 Å². The minimum Gasteiger partial charge on any atom is -0.542 e. The van der Waals surface area contributed by atoms with E-state index in [2.05, 4.69) is 6.92 Å². The third kappa shape index (κ3) is 9.44. The molecule has 0 aliphatic carbocycles. The zero-order valence-corrected chi connectivity index (χ0v) is 9.59. The molecule has 0 fully saturated rings. The summed E-state index contributed by atoms with van der Waals surface area (Å²) in [5.41, 5.74) is 0. The minimum atomic E-state index is -1.54. The van der Waals surface area contributed by atoms with Crippen LogP contribution in [0.15, 0.2) is 0 Å². The van der Waals surface area contributed by atoms with Gasteiger partial charge >= 0.3 is 0 Å². The number of carboxylic acid groups (broad SMARTS) is 1. The highest BCUT2D eigenvalue weighted by Gasteiger charge is 2.01. The molecule has 0 radical (unpaired) electrons. The molecule has 0 heterocycles. The maximum absolute atomic E-state index is 10.7. The summed E-state index contributed by atoms with van der Waals surface area (Å²) in [7, 11) is 0. The molecule has 0 saturated carbocycles. The normalized spacial score (nSPS) is 10.2. The number of hydrogen-bond donors (Lipinski definition) is 0. The van der Waals surface area contributed by atoms with Crippen molar-refractivity contribution in [3.63, 3.8) is 0 Å². The van der Waals surface area contributed by atoms with Gasteiger partial charge in [0.1, 0.15) is 5.97 Å². The molecule has 0 aromatic heterocycles. The van der Waals surface area contributed by atoms with Crippen LogP contribution in [-0.2, 0) is 9.59 Å². The van der Waals surface area contributed by atoms with Gasteiger partial charge in [-0.15, -0.1) is 0 Å². The second-order valence-electron chi connectivity index (χ2n) is 3.94. The van der Waals surface area contributed by atoms with Crippen LogP contribution in [0.25, 0.3) is 0 Å². The predicted octanol–water partition coefficient (Wildman–Crippen LogP) is 1.84. The molecule has 0 spiro atoms. The maximum Gasteiger partial charge on any atom is 0.178 e. The molecular formula is C12H21O3-. The van der Waals surface area contributed by atoms with Crippen molar-refractivity contribution in [1.29, 1.82) is 0 Å². The lowest BCUT2D eigenvalue weighted by molar-refractivity contribution is -0.300. The van der Waals surface area contributed by atoms with Gasteiger partial charge in [-0.25, -0.2) is 0 Å². The molecule has 0 atom stereocenters. The number of carboxylic acids is 1. The van der Waals surface area contributed by atoms with Crippen molar-refractivity contribution < 1.29 is 14.7 Å². The Morgan fingerprint density at radius 3 is 1.80 bits per heavy atom. The van der Waals surface area contributed by atoms with E-state index in [0.717, 1.165) is 12.8 Å². The van der Waals surface area contributed by atoms with Crippen LogP contribution in [-0.4, -0.2) is 11.8 Å². The van der Waals surface area contributed by atoms with Crippen LogP contribution in [0.5, 0.6) is 0 Å². The van der Waals surface area contributed by atoms with Gasteiger partial charge in [0, 0.05) is 6.42 Å². The van der Waals surface area contributed by atoms with E-state index in [-0.39, 0.29) is 6.42 Å². The summed E-state index contributed by atoms with van der Waals surface area (Å²) >= 11 is 0. The number of aliphatic carboxylic acids is 1. The predicted molar refractivity (Wildman–Crippen MR) is 57.2 cm³/mol. The Balaban J connectivity index is 3.11. The first-order valence-electron chi connectivity index (χ1n) is 5.92. The van der Waals surface area contributed by atoms with Crippen LogP contribution in [0.2, 0.25) is 0 Å². The SMILES string of the molecule is CCCCCCCCCCC(=O)C(=O)[O-]. The first kappa shape index (κ1) is 14.1. The highest BCUT2D eigenvalue weighted by molar-refractivity contribution is 6.31. The lowest BCUT2D eigenvalue weighted by Gasteiger charge is -2.02. The van der Waals surface area contributed by atoms with Crippen molar-refractivity contribution in [2.45, 2.75) is 64.7 Å². The Labute approximate surface area is 91.9 Å². The van der Waals surface area contributed by atoms with E-state index in [1.807, 2.05) is 0 Å². The van der Waals surface area contributed by atoms with Gasteiger partial charge in [0.2, 0.25) is 0 Å². The third-order valence-corrected chi connectivity index (χ3v) is 2.49. The molecule has 88 valence electrons. The molecule has 3 nitrogen and oxygen atoms in total. The second kappa shape index (κ2) is 9.69. The lowest BCUT2D eigenvalue weighted by Crippen LogP contribution is -2.31. The topological polar surface area (TPSA) is 57.2 Å². The highest BCUT2D eigenvalue weighted by Crippen LogP contribution is 2.09. The van der Waals surface area contributed by atoms with Gasteiger partial charge in [-0.3, -0.25) is 4.79 Å². The van der Waals surface area contributed by atoms with Crippen LogP contribution in [0.1, 0.15) is 64.7 Å². The van der Waals surface area contributed by atoms with E-state index >= 15 is 0 Å². The number of Topliss-reactive ketones (excluding diaryl/α,β-unsaturated/α-hetero) is 1. The van der Waals surface area contributed by atoms with E-state index in [1.54, 1.807) is 0 Å². The molecule has 0 saturated heterocycles. The lowest BCUT2D eigenvalue weighted by atomic mass is 10.1. The summed E-state index contributed by atoms with van der Waals surface area (Å²) in [6, 6.07) is 0. The van der Waals surface area contributed by atoms with Gasteiger partial charge in [0.15, 0.2) is 5.78 Å². The fourth-order valence-corrected chi connectivity index (χ4v) is 1.52. The van der Waals surface area contributed by atoms with E-state index in [4.69, 9.17) is 0 Å². The van der Waals surface area contributed by atoms with Crippen molar-refractivity contribution in [1.82, 2.24) is 0 Å². The minimum absolute atomic E-state index is 0.136. The van der Waals surface area contributed by atoms with Crippen molar-refractivity contribution in [3.05, 3.63) is 0 Å². The van der Waals surface area contributed by atoms with E-state index in [9.17, 15) is 14.7 Å². The Hall–Kier alpha value is -0.860. The first-order valence-corrected chi connectivity index (χ1v) is 5.92. The summed E-state index contributed by atoms with van der Waals surface area (Å²) < 4.78 is 0. The number of ketones is 1. The summed E-state index contributed by atoms with van der Waals surface area (Å²) in [5.74, 6) is -2.31. The Morgan fingerprint density at radius 1 is 0.867 bits per heavy atom. The average Bonchev–Trinajstić information content (AvgIpc) is 2.21. The highest BCUT2D eigenvalue weighted by atomic mass is 16.4. The van der Waals surface area contributed by atoms with Crippen molar-refractivity contribution in [3.8, 4) is 0 Å². The van der Waals surface area contributed by atoms with Crippen LogP contribution < -0.4 is 5.11 Å². The summed E-state index contributed by atoms with van der Waals surface area (Å²) in [4.78, 5) is 20.7. The largest absolute Gasteiger partial charge is 0.542 e. The average molecular weight is 213 g/mol. The van der Waals surface area contributed by atoms with Crippen molar-refractivity contribution >= 4 is 11.8 Å². The molecule has 0 bridgehead atoms. The Kier molecular flexibility index (Phi) is 9.13. The monoisotopic (exact) mass is 213 g/mol. The van der Waals surface area contributed by atoms with Crippen molar-refractivity contribution in [2.75, 3.05) is 0 Å². The fraction of sp³-hybridized carbons (Fsp3) is 0.833. The van der Waals surface area contributed by atoms with Crippen LogP contribution in [0.4, 0.5) is 0 Å². The summed E-state index contributed by atoms with van der Waals surface area (Å²) in [6.07, 6.45) is 9.15. The standard InChI is InChI=1S/C12H22O3/c1-2-3-4-5-6-7-8-9-10-11(13)12(14)15/h2-10H2,1H3,(H,14,15)/p-1. The number of rotatable bonds is 10. The second-order valence-corrected chi connectivity index (χ2v) is 3.94. The Morgan fingerprint density at radius 2 is 1.33 bits per heavy atom. The first-order chi connectivity index (χ1) is 7.18. The van der Waals surface area contributed by atoms with E-state index < -0.39 is 11.8 Å². The van der Waals surface area contributed by atoms with Crippen LogP contribution >= 0.6 is 0 Å². The van der Waals surface area contributed by atoms with E-state index in [0.29, 0.717) is 6.42 Å². The number of hydrogen-bond acceptors (Lipinski definition) is 3. The fourth-order valence-electron chi connectivity index (χ4n) is 1.52. The Bertz CT molecular complexity index is 187. The van der Waals surface area contributed by atoms with Gasteiger partial charge in [-0.1, -0.05) is 51.9 Å². The molecule has 0 aliphatic rings. The molecule has 0 rings (SSSR count). The molecule has 3 heteroatoms. The van der Waals surface area contributed by atoms with Gasteiger partial charge < -0.3 is 9.90 Å². The molecule has 0 unspecified atom stereocenters. The van der Waals surface area contributed by atoms with Gasteiger partial charge in [-0.2, -0.15) is 0 Å². The summed E-state index contributed by atoms with van der Waals surface area (Å²) in [5, 5.41) is 10.1. The smallest absolute Gasteiger partial charge is 0.178 e. The number of unbranched alkanes of at least 4 members (excludes halogenated alkanes) is 7. The van der Waals surface area contributed by atoms with Crippen molar-refractivity contribution in [2.24, 2.45) is 0 Å². The zero-order chi connectivity index (χ0) is 11.5. The molecular weight excluding hydrogens is 192 g/mol. The molecule has 0 N–H and O–H groups in total. The van der Waals surface area contributed by atoms with Crippen LogP contribution in [0.3, 0.4) is 0 Å².